The van der Waals surface area contributed by atoms with E-state index in [1.54, 1.807) is 0 Å². The molecule has 1 heterocycles. The fourth-order valence-electron chi connectivity index (χ4n) is 2.47. The van der Waals surface area contributed by atoms with Crippen LogP contribution in [-0.4, -0.2) is 38.9 Å². The van der Waals surface area contributed by atoms with E-state index in [1.165, 1.54) is 7.05 Å². The summed E-state index contributed by atoms with van der Waals surface area (Å²) in [6, 6.07) is 1.23. The van der Waals surface area contributed by atoms with Crippen LogP contribution in [0.4, 0.5) is 17.6 Å². The fourth-order valence-corrected chi connectivity index (χ4v) is 4.08. The molecule has 1 N–H and O–H groups in total. The van der Waals surface area contributed by atoms with Crippen LogP contribution in [0, 0.1) is 5.82 Å². The minimum atomic E-state index is -4.94. The van der Waals surface area contributed by atoms with Crippen molar-refractivity contribution in [2.75, 3.05) is 20.1 Å². The van der Waals surface area contributed by atoms with Crippen molar-refractivity contribution in [2.24, 2.45) is 0 Å². The van der Waals surface area contributed by atoms with Crippen molar-refractivity contribution in [3.63, 3.8) is 0 Å². The van der Waals surface area contributed by atoms with Crippen molar-refractivity contribution < 1.29 is 26.0 Å². The molecule has 0 radical (unpaired) electrons. The van der Waals surface area contributed by atoms with E-state index in [0.29, 0.717) is 32.0 Å². The number of benzene rings is 1. The zero-order chi connectivity index (χ0) is 16.5. The van der Waals surface area contributed by atoms with Crippen molar-refractivity contribution >= 4 is 10.0 Å². The second kappa shape index (κ2) is 6.13. The maximum absolute atomic E-state index is 13.1. The normalized spacial score (nSPS) is 17.9. The molecule has 0 aromatic heterocycles. The monoisotopic (exact) mass is 340 g/mol. The molecule has 1 aromatic carbocycles. The number of sulfonamides is 1. The molecular weight excluding hydrogens is 324 g/mol. The van der Waals surface area contributed by atoms with Gasteiger partial charge in [0.15, 0.2) is 0 Å². The molecule has 0 unspecified atom stereocenters. The van der Waals surface area contributed by atoms with Crippen LogP contribution >= 0.6 is 0 Å². The molecule has 0 spiro atoms. The maximum Gasteiger partial charge on any atom is 0.417 e. The average Bonchev–Trinajstić information content (AvgIpc) is 2.46. The highest BCUT2D eigenvalue weighted by atomic mass is 32.2. The zero-order valence-electron chi connectivity index (χ0n) is 11.8. The lowest BCUT2D eigenvalue weighted by molar-refractivity contribution is -0.140. The van der Waals surface area contributed by atoms with Gasteiger partial charge in [0, 0.05) is 13.1 Å². The van der Waals surface area contributed by atoms with E-state index in [2.05, 4.69) is 5.32 Å². The molecule has 0 atom stereocenters. The first-order valence-corrected chi connectivity index (χ1v) is 8.13. The lowest BCUT2D eigenvalue weighted by Crippen LogP contribution is -2.44. The molecule has 2 rings (SSSR count). The number of hydrogen-bond donors (Lipinski definition) is 1. The number of piperidine rings is 1. The first-order valence-electron chi connectivity index (χ1n) is 6.69. The summed E-state index contributed by atoms with van der Waals surface area (Å²) < 4.78 is 78.1. The molecule has 0 aliphatic carbocycles. The third-order valence-electron chi connectivity index (χ3n) is 3.73. The highest BCUT2D eigenvalue weighted by molar-refractivity contribution is 7.89. The fraction of sp³-hybridized carbons (Fsp3) is 0.538. The van der Waals surface area contributed by atoms with Crippen molar-refractivity contribution in [1.82, 2.24) is 9.62 Å². The number of nitrogens with zero attached hydrogens (tertiary/aromatic N) is 1. The van der Waals surface area contributed by atoms with Gasteiger partial charge in [0.05, 0.1) is 10.5 Å². The molecule has 1 saturated heterocycles. The van der Waals surface area contributed by atoms with Gasteiger partial charge in [0.2, 0.25) is 10.0 Å². The Hall–Kier alpha value is -1.19. The Kier molecular flexibility index (Phi) is 4.78. The van der Waals surface area contributed by atoms with Crippen LogP contribution < -0.4 is 5.32 Å². The molecule has 124 valence electrons. The van der Waals surface area contributed by atoms with Gasteiger partial charge in [-0.15, -0.1) is 0 Å². The summed E-state index contributed by atoms with van der Waals surface area (Å²) in [6.07, 6.45) is -3.92. The average molecular weight is 340 g/mol. The summed E-state index contributed by atoms with van der Waals surface area (Å²) in [5.41, 5.74) is -1.48. The van der Waals surface area contributed by atoms with Gasteiger partial charge < -0.3 is 5.32 Å². The number of hydrogen-bond acceptors (Lipinski definition) is 3. The van der Waals surface area contributed by atoms with E-state index in [4.69, 9.17) is 0 Å². The Labute approximate surface area is 126 Å². The van der Waals surface area contributed by atoms with E-state index in [0.717, 1.165) is 10.4 Å². The van der Waals surface area contributed by atoms with E-state index in [9.17, 15) is 26.0 Å². The predicted octanol–water partition coefficient (Wildman–Crippen LogP) is 2.22. The van der Waals surface area contributed by atoms with Crippen molar-refractivity contribution in [3.8, 4) is 0 Å². The maximum atomic E-state index is 13.1. The van der Waals surface area contributed by atoms with Crippen LogP contribution in [0.1, 0.15) is 18.4 Å². The zero-order valence-corrected chi connectivity index (χ0v) is 12.6. The molecule has 0 bridgehead atoms. The standard InChI is InChI=1S/C13H16F4N2O2S/c1-19(10-4-6-18-7-5-10)22(20,21)12-3-2-9(14)8-11(12)13(15,16)17/h2-3,8,10,18H,4-7H2,1H3. The van der Waals surface area contributed by atoms with E-state index >= 15 is 0 Å². The van der Waals surface area contributed by atoms with Crippen LogP contribution in [0.25, 0.3) is 0 Å². The van der Waals surface area contributed by atoms with Gasteiger partial charge in [-0.1, -0.05) is 0 Å². The number of halogens is 4. The first kappa shape index (κ1) is 17.2. The lowest BCUT2D eigenvalue weighted by atomic mass is 10.1. The smallest absolute Gasteiger partial charge is 0.317 e. The van der Waals surface area contributed by atoms with Crippen molar-refractivity contribution in [2.45, 2.75) is 30.0 Å². The third-order valence-corrected chi connectivity index (χ3v) is 5.70. The first-order chi connectivity index (χ1) is 10.1. The highest BCUT2D eigenvalue weighted by Gasteiger charge is 2.40. The van der Waals surface area contributed by atoms with E-state index < -0.39 is 32.5 Å². The predicted molar refractivity (Wildman–Crippen MR) is 72.2 cm³/mol. The van der Waals surface area contributed by atoms with Gasteiger partial charge in [-0.05, 0) is 44.1 Å². The molecule has 9 heteroatoms. The third kappa shape index (κ3) is 3.41. The van der Waals surface area contributed by atoms with Crippen LogP contribution in [0.5, 0.6) is 0 Å². The molecule has 1 aliphatic heterocycles. The van der Waals surface area contributed by atoms with Crippen molar-refractivity contribution in [3.05, 3.63) is 29.6 Å². The minimum absolute atomic E-state index is 0.211. The Morgan fingerprint density at radius 2 is 1.82 bits per heavy atom. The van der Waals surface area contributed by atoms with E-state index in [1.807, 2.05) is 0 Å². The number of rotatable bonds is 3. The number of nitrogens with one attached hydrogen (secondary N) is 1. The lowest BCUT2D eigenvalue weighted by Gasteiger charge is -2.31. The van der Waals surface area contributed by atoms with Gasteiger partial charge in [-0.2, -0.15) is 17.5 Å². The second-order valence-corrected chi connectivity index (χ2v) is 7.11. The molecule has 4 nitrogen and oxygen atoms in total. The Morgan fingerprint density at radius 3 is 2.36 bits per heavy atom. The largest absolute Gasteiger partial charge is 0.417 e. The molecule has 22 heavy (non-hydrogen) atoms. The summed E-state index contributed by atoms with van der Waals surface area (Å²) in [4.78, 5) is -0.914. The summed E-state index contributed by atoms with van der Waals surface area (Å²) in [5, 5.41) is 3.05. The van der Waals surface area contributed by atoms with Gasteiger partial charge in [0.1, 0.15) is 5.82 Å². The van der Waals surface area contributed by atoms with Crippen LogP contribution in [0.2, 0.25) is 0 Å². The van der Waals surface area contributed by atoms with Crippen molar-refractivity contribution in [1.29, 1.82) is 0 Å². The van der Waals surface area contributed by atoms with Gasteiger partial charge in [-0.3, -0.25) is 0 Å². The molecule has 0 amide bonds. The van der Waals surface area contributed by atoms with Gasteiger partial charge >= 0.3 is 6.18 Å². The quantitative estimate of drug-likeness (QED) is 0.859. The Bertz CT molecular complexity index is 640. The summed E-state index contributed by atoms with van der Waals surface area (Å²) in [5.74, 6) is -1.13. The summed E-state index contributed by atoms with van der Waals surface area (Å²) in [7, 11) is -3.09. The SMILES string of the molecule is CN(C1CCNCC1)S(=O)(=O)c1ccc(F)cc1C(F)(F)F. The van der Waals surface area contributed by atoms with Crippen LogP contribution in [0.15, 0.2) is 23.1 Å². The number of alkyl halides is 3. The minimum Gasteiger partial charge on any atom is -0.317 e. The molecule has 0 saturated carbocycles. The molecule has 1 fully saturated rings. The summed E-state index contributed by atoms with van der Waals surface area (Å²) in [6.45, 7) is 1.19. The Balaban J connectivity index is 2.45. The van der Waals surface area contributed by atoms with Crippen LogP contribution in [0.3, 0.4) is 0 Å². The topological polar surface area (TPSA) is 49.4 Å². The summed E-state index contributed by atoms with van der Waals surface area (Å²) >= 11 is 0. The molecule has 1 aliphatic rings. The Morgan fingerprint density at radius 1 is 1.23 bits per heavy atom. The highest BCUT2D eigenvalue weighted by Crippen LogP contribution is 2.36. The van der Waals surface area contributed by atoms with Gasteiger partial charge in [-0.25, -0.2) is 12.8 Å². The molecular formula is C13H16F4N2O2S. The second-order valence-electron chi connectivity index (χ2n) is 5.14. The van der Waals surface area contributed by atoms with Gasteiger partial charge in [0.25, 0.3) is 0 Å². The molecule has 1 aromatic rings. The van der Waals surface area contributed by atoms with E-state index in [-0.39, 0.29) is 12.1 Å². The van der Waals surface area contributed by atoms with Crippen LogP contribution in [-0.2, 0) is 16.2 Å².